The predicted molar refractivity (Wildman–Crippen MR) is 90.7 cm³/mol. The molecule has 146 valence electrons. The zero-order valence-corrected chi connectivity index (χ0v) is 15.7. The van der Waals surface area contributed by atoms with Crippen molar-refractivity contribution in [3.8, 4) is 0 Å². The van der Waals surface area contributed by atoms with Gasteiger partial charge in [-0.05, 0) is 42.9 Å². The average molecular weight is 366 g/mol. The molecule has 6 fully saturated rings. The van der Waals surface area contributed by atoms with Gasteiger partial charge in [0.15, 0.2) is 5.78 Å². The van der Waals surface area contributed by atoms with Gasteiger partial charge < -0.3 is 25.2 Å². The lowest BCUT2D eigenvalue weighted by atomic mass is 9.35. The molecule has 4 bridgehead atoms. The summed E-state index contributed by atoms with van der Waals surface area (Å²) in [6, 6.07) is 0. The molecular weight excluding hydrogens is 336 g/mol. The van der Waals surface area contributed by atoms with Crippen molar-refractivity contribution < 1.29 is 30.0 Å². The van der Waals surface area contributed by atoms with E-state index in [0.29, 0.717) is 19.3 Å². The second-order valence-corrected chi connectivity index (χ2v) is 10.3. The smallest absolute Gasteiger partial charge is 0.208 e. The van der Waals surface area contributed by atoms with Crippen molar-refractivity contribution >= 4 is 5.78 Å². The highest BCUT2D eigenvalue weighted by atomic mass is 16.6. The first-order valence-electron chi connectivity index (χ1n) is 10.0. The lowest BCUT2D eigenvalue weighted by Gasteiger charge is -2.74. The van der Waals surface area contributed by atoms with Gasteiger partial charge in [0.25, 0.3) is 0 Å². The number of hydrogen-bond acceptors (Lipinski definition) is 6. The Morgan fingerprint density at radius 1 is 1.08 bits per heavy atom. The summed E-state index contributed by atoms with van der Waals surface area (Å²) in [5.74, 6) is -3.63. The third-order valence-corrected chi connectivity index (χ3v) is 9.28. The van der Waals surface area contributed by atoms with Crippen LogP contribution in [0.2, 0.25) is 0 Å². The number of rotatable bonds is 0. The van der Waals surface area contributed by atoms with Crippen LogP contribution in [-0.4, -0.2) is 56.9 Å². The monoisotopic (exact) mass is 366 g/mol. The molecule has 0 aromatic heterocycles. The maximum Gasteiger partial charge on any atom is 0.208 e. The highest BCUT2D eigenvalue weighted by molar-refractivity contribution is 5.93. The molecule has 2 heterocycles. The number of hydrogen-bond donors (Lipinski definition) is 4. The van der Waals surface area contributed by atoms with E-state index in [1.165, 1.54) is 0 Å². The first-order chi connectivity index (χ1) is 12.1. The quantitative estimate of drug-likeness (QED) is 0.496. The normalized spacial score (nSPS) is 62.7. The zero-order valence-electron chi connectivity index (χ0n) is 15.7. The summed E-state index contributed by atoms with van der Waals surface area (Å²) < 4.78 is 5.84. The van der Waals surface area contributed by atoms with Crippen LogP contribution in [0.15, 0.2) is 0 Å². The van der Waals surface area contributed by atoms with Crippen molar-refractivity contribution in [3.05, 3.63) is 0 Å². The van der Waals surface area contributed by atoms with E-state index in [2.05, 4.69) is 13.8 Å². The van der Waals surface area contributed by atoms with Crippen molar-refractivity contribution in [1.29, 1.82) is 0 Å². The minimum Gasteiger partial charge on any atom is -0.392 e. The van der Waals surface area contributed by atoms with E-state index in [0.717, 1.165) is 6.42 Å². The molecule has 0 radical (unpaired) electrons. The molecule has 6 rings (SSSR count). The molecule has 6 nitrogen and oxygen atoms in total. The van der Waals surface area contributed by atoms with Gasteiger partial charge >= 0.3 is 0 Å². The second kappa shape index (κ2) is 4.71. The van der Waals surface area contributed by atoms with Crippen LogP contribution >= 0.6 is 0 Å². The molecule has 0 aromatic carbocycles. The summed E-state index contributed by atoms with van der Waals surface area (Å²) in [4.78, 5) is 13.4. The summed E-state index contributed by atoms with van der Waals surface area (Å²) in [6.07, 6.45) is -0.376. The molecular formula is C20H30O6. The molecule has 4 N–H and O–H groups in total. The molecule has 4 saturated carbocycles. The Kier molecular flexibility index (Phi) is 3.18. The van der Waals surface area contributed by atoms with Gasteiger partial charge in [-0.2, -0.15) is 0 Å². The molecule has 4 aliphatic carbocycles. The Morgan fingerprint density at radius 3 is 2.46 bits per heavy atom. The lowest BCUT2D eigenvalue weighted by Crippen LogP contribution is -2.85. The maximum atomic E-state index is 13.4. The van der Waals surface area contributed by atoms with Crippen LogP contribution in [0.25, 0.3) is 0 Å². The van der Waals surface area contributed by atoms with Crippen LogP contribution in [0, 0.1) is 39.9 Å². The van der Waals surface area contributed by atoms with E-state index in [-0.39, 0.29) is 41.5 Å². The van der Waals surface area contributed by atoms with Crippen molar-refractivity contribution in [3.63, 3.8) is 0 Å². The second-order valence-electron chi connectivity index (χ2n) is 10.3. The van der Waals surface area contributed by atoms with Gasteiger partial charge in [0.2, 0.25) is 5.79 Å². The van der Waals surface area contributed by atoms with Crippen LogP contribution < -0.4 is 0 Å². The third-order valence-electron chi connectivity index (χ3n) is 9.28. The molecule has 26 heavy (non-hydrogen) atoms. The van der Waals surface area contributed by atoms with Crippen molar-refractivity contribution in [1.82, 2.24) is 0 Å². The van der Waals surface area contributed by atoms with E-state index in [1.54, 1.807) is 0 Å². The summed E-state index contributed by atoms with van der Waals surface area (Å²) in [5, 5.41) is 45.3. The van der Waals surface area contributed by atoms with Gasteiger partial charge in [-0.3, -0.25) is 4.79 Å². The fourth-order valence-corrected chi connectivity index (χ4v) is 8.27. The number of carbonyl (C=O) groups excluding carboxylic acids is 1. The molecule has 2 unspecified atom stereocenters. The maximum absolute atomic E-state index is 13.4. The summed E-state index contributed by atoms with van der Waals surface area (Å²) in [7, 11) is 0. The number of aliphatic hydroxyl groups excluding tert-OH is 3. The van der Waals surface area contributed by atoms with Gasteiger partial charge in [0.1, 0.15) is 11.5 Å². The van der Waals surface area contributed by atoms with Gasteiger partial charge in [-0.1, -0.05) is 20.8 Å². The van der Waals surface area contributed by atoms with Crippen LogP contribution in [-0.2, 0) is 9.53 Å². The fraction of sp³-hybridized carbons (Fsp3) is 0.950. The van der Waals surface area contributed by atoms with Crippen LogP contribution in [0.4, 0.5) is 0 Å². The molecule has 6 aliphatic rings. The average Bonchev–Trinajstić information content (AvgIpc) is 2.69. The molecule has 10 atom stereocenters. The van der Waals surface area contributed by atoms with Gasteiger partial charge in [-0.15, -0.1) is 0 Å². The third kappa shape index (κ3) is 1.45. The fourth-order valence-electron chi connectivity index (χ4n) is 8.27. The van der Waals surface area contributed by atoms with E-state index < -0.39 is 34.9 Å². The number of aliphatic hydroxyl groups is 4. The Balaban J connectivity index is 1.80. The standard InChI is InChI=1S/C20H30O6/c1-9-10-4-5-11-18-8-26-20(25,19(11,14(9)22)15(10)23)16(24)13(18)17(2,3)7-6-12(18)21/h9-13,15-16,21,23-25H,4-8H2,1-3H3/t9?,10-,11-,12-,13+,15+,16-,18+,19-,20?/m0/s1. The van der Waals surface area contributed by atoms with Crippen LogP contribution in [0.3, 0.4) is 0 Å². The summed E-state index contributed by atoms with van der Waals surface area (Å²) in [6.45, 7) is 6.06. The molecule has 2 aliphatic heterocycles. The van der Waals surface area contributed by atoms with Gasteiger partial charge in [0.05, 0.1) is 18.8 Å². The van der Waals surface area contributed by atoms with Gasteiger partial charge in [0, 0.05) is 17.3 Å². The van der Waals surface area contributed by atoms with Crippen LogP contribution in [0.1, 0.15) is 46.5 Å². The molecule has 0 aromatic rings. The van der Waals surface area contributed by atoms with Crippen molar-refractivity contribution in [2.24, 2.45) is 39.9 Å². The highest BCUT2D eigenvalue weighted by Crippen LogP contribution is 2.76. The molecule has 2 saturated heterocycles. The largest absolute Gasteiger partial charge is 0.392 e. The molecule has 0 amide bonds. The Bertz CT molecular complexity index is 677. The Labute approximate surface area is 153 Å². The first kappa shape index (κ1) is 17.6. The first-order valence-corrected chi connectivity index (χ1v) is 10.0. The summed E-state index contributed by atoms with van der Waals surface area (Å²) in [5.41, 5.74) is -2.64. The number of carbonyl (C=O) groups is 1. The number of ketones is 1. The van der Waals surface area contributed by atoms with E-state index in [4.69, 9.17) is 4.74 Å². The minimum absolute atomic E-state index is 0.126. The van der Waals surface area contributed by atoms with Crippen molar-refractivity contribution in [2.75, 3.05) is 6.61 Å². The number of Topliss-reactive ketones (excluding diaryl/α,β-unsaturated/α-hetero) is 1. The number of ether oxygens (including phenoxy) is 1. The Morgan fingerprint density at radius 2 is 1.77 bits per heavy atom. The lowest BCUT2D eigenvalue weighted by molar-refractivity contribution is -0.458. The van der Waals surface area contributed by atoms with Gasteiger partial charge in [-0.25, -0.2) is 0 Å². The zero-order chi connectivity index (χ0) is 18.9. The van der Waals surface area contributed by atoms with E-state index >= 15 is 0 Å². The SMILES string of the molecule is CC1C(=O)[C@]23[C@H](O)[C@H]1CC[C@H]2[C@@]12COC3(O)[C@@H](O)[C@@H]1C(C)(C)CC[C@@H]2O. The Hall–Kier alpha value is -0.530. The van der Waals surface area contributed by atoms with E-state index in [9.17, 15) is 25.2 Å². The predicted octanol–water partition coefficient (Wildman–Crippen LogP) is 0.455. The van der Waals surface area contributed by atoms with Crippen molar-refractivity contribution in [2.45, 2.75) is 70.6 Å². The topological polar surface area (TPSA) is 107 Å². The van der Waals surface area contributed by atoms with Crippen LogP contribution in [0.5, 0.6) is 0 Å². The number of fused-ring (bicyclic) bond motifs is 2. The minimum atomic E-state index is -2.08. The molecule has 2 spiro atoms. The highest BCUT2D eigenvalue weighted by Gasteiger charge is 2.87. The van der Waals surface area contributed by atoms with E-state index in [1.807, 2.05) is 6.92 Å². The summed E-state index contributed by atoms with van der Waals surface area (Å²) >= 11 is 0. The molecule has 6 heteroatoms.